The predicted octanol–water partition coefficient (Wildman–Crippen LogP) is 3.05. The molecule has 0 saturated heterocycles. The van der Waals surface area contributed by atoms with Crippen molar-refractivity contribution in [1.82, 2.24) is 9.97 Å². The van der Waals surface area contributed by atoms with Crippen LogP contribution in [0.15, 0.2) is 39.8 Å². The van der Waals surface area contributed by atoms with E-state index in [1.807, 2.05) is 24.3 Å². The topological polar surface area (TPSA) is 61.0 Å². The molecule has 18 heavy (non-hydrogen) atoms. The molecule has 1 unspecified atom stereocenters. The lowest BCUT2D eigenvalue weighted by Crippen LogP contribution is -2.18. The summed E-state index contributed by atoms with van der Waals surface area (Å²) in [5.74, 6) is 2.73. The number of para-hydroxylation sites is 1. The minimum Gasteiger partial charge on any atom is -0.480 e. The maximum Gasteiger partial charge on any atom is 0.172 e. The van der Waals surface area contributed by atoms with Gasteiger partial charge in [-0.1, -0.05) is 12.1 Å². The molecule has 1 atom stereocenters. The van der Waals surface area contributed by atoms with Crippen LogP contribution in [-0.4, -0.2) is 15.7 Å². The van der Waals surface area contributed by atoms with E-state index in [2.05, 4.69) is 25.9 Å². The average molecular weight is 324 g/mol. The molecule has 0 bridgehead atoms. The molecular formula is C12H10BrN3OS. The van der Waals surface area contributed by atoms with Crippen molar-refractivity contribution in [1.29, 1.82) is 0 Å². The fourth-order valence-electron chi connectivity index (χ4n) is 1.70. The van der Waals surface area contributed by atoms with Crippen molar-refractivity contribution in [2.45, 2.75) is 11.0 Å². The maximum absolute atomic E-state index is 5.90. The summed E-state index contributed by atoms with van der Waals surface area (Å²) in [6.45, 7) is 0. The van der Waals surface area contributed by atoms with E-state index in [1.54, 1.807) is 18.0 Å². The van der Waals surface area contributed by atoms with Crippen LogP contribution in [0.3, 0.4) is 0 Å². The quantitative estimate of drug-likeness (QED) is 0.874. The number of anilines is 1. The van der Waals surface area contributed by atoms with Gasteiger partial charge in [-0.25, -0.2) is 9.97 Å². The lowest BCUT2D eigenvalue weighted by atomic mass is 10.3. The van der Waals surface area contributed by atoms with Crippen molar-refractivity contribution in [3.63, 3.8) is 0 Å². The Kier molecular flexibility index (Phi) is 3.13. The van der Waals surface area contributed by atoms with Crippen molar-refractivity contribution in [3.05, 3.63) is 40.8 Å². The lowest BCUT2D eigenvalue weighted by Gasteiger charge is -2.24. The highest BCUT2D eigenvalue weighted by molar-refractivity contribution is 9.10. The van der Waals surface area contributed by atoms with Gasteiger partial charge in [0.15, 0.2) is 11.9 Å². The fraction of sp³-hybridized carbons (Fsp3) is 0.167. The van der Waals surface area contributed by atoms with Crippen LogP contribution < -0.4 is 10.5 Å². The molecule has 6 heteroatoms. The van der Waals surface area contributed by atoms with Gasteiger partial charge in [-0.3, -0.25) is 0 Å². The largest absolute Gasteiger partial charge is 0.480 e. The van der Waals surface area contributed by atoms with Crippen LogP contribution in [0.5, 0.6) is 5.75 Å². The van der Waals surface area contributed by atoms with Gasteiger partial charge in [-0.05, 0) is 28.1 Å². The lowest BCUT2D eigenvalue weighted by molar-refractivity contribution is 0.210. The monoisotopic (exact) mass is 323 g/mol. The minimum absolute atomic E-state index is 0.153. The molecule has 1 aliphatic heterocycles. The summed E-state index contributed by atoms with van der Waals surface area (Å²) in [6.07, 6.45) is 1.51. The Labute approximate surface area is 117 Å². The van der Waals surface area contributed by atoms with Crippen molar-refractivity contribution < 1.29 is 4.74 Å². The third-order valence-electron chi connectivity index (χ3n) is 2.59. The average Bonchev–Trinajstić information content (AvgIpc) is 2.41. The van der Waals surface area contributed by atoms with E-state index in [9.17, 15) is 0 Å². The van der Waals surface area contributed by atoms with Gasteiger partial charge >= 0.3 is 0 Å². The van der Waals surface area contributed by atoms with Crippen LogP contribution in [0.4, 0.5) is 5.82 Å². The summed E-state index contributed by atoms with van der Waals surface area (Å²) >= 11 is 5.03. The first-order valence-corrected chi connectivity index (χ1v) is 7.18. The van der Waals surface area contributed by atoms with Gasteiger partial charge in [0.2, 0.25) is 0 Å². The molecule has 3 rings (SSSR count). The number of rotatable bonds is 1. The molecular weight excluding hydrogens is 314 g/mol. The first-order chi connectivity index (χ1) is 8.74. The van der Waals surface area contributed by atoms with Gasteiger partial charge in [0.05, 0.1) is 4.47 Å². The molecule has 2 N–H and O–H groups in total. The summed E-state index contributed by atoms with van der Waals surface area (Å²) in [5, 5.41) is 0. The van der Waals surface area contributed by atoms with Gasteiger partial charge in [-0.15, -0.1) is 11.8 Å². The first kappa shape index (κ1) is 11.8. The van der Waals surface area contributed by atoms with Crippen LogP contribution in [0.2, 0.25) is 0 Å². The van der Waals surface area contributed by atoms with E-state index in [-0.39, 0.29) is 6.10 Å². The number of nitrogens with zero attached hydrogens (tertiary/aromatic N) is 2. The molecule has 92 valence electrons. The second-order valence-corrected chi connectivity index (χ2v) is 5.74. The number of hydrogen-bond acceptors (Lipinski definition) is 5. The molecule has 0 aliphatic carbocycles. The molecule has 2 aromatic rings. The Bertz CT molecular complexity index is 593. The second-order valence-electron chi connectivity index (χ2n) is 3.83. The van der Waals surface area contributed by atoms with Gasteiger partial charge in [-0.2, -0.15) is 0 Å². The number of halogens is 1. The Balaban J connectivity index is 1.89. The zero-order valence-corrected chi connectivity index (χ0v) is 11.7. The summed E-state index contributed by atoms with van der Waals surface area (Å²) in [5.41, 5.74) is 5.76. The number of fused-ring (bicyclic) bond motifs is 1. The Morgan fingerprint density at radius 1 is 1.39 bits per heavy atom. The number of nitrogens with two attached hydrogens (primary N) is 1. The highest BCUT2D eigenvalue weighted by Gasteiger charge is 2.24. The smallest absolute Gasteiger partial charge is 0.172 e. The molecule has 1 aromatic heterocycles. The summed E-state index contributed by atoms with van der Waals surface area (Å²) in [4.78, 5) is 9.66. The van der Waals surface area contributed by atoms with Crippen LogP contribution in [0, 0.1) is 0 Å². The molecule has 0 amide bonds. The highest BCUT2D eigenvalue weighted by Crippen LogP contribution is 2.39. The third-order valence-corrected chi connectivity index (χ3v) is 4.32. The molecule has 0 radical (unpaired) electrons. The number of ether oxygens (including phenoxy) is 1. The second kappa shape index (κ2) is 4.78. The zero-order chi connectivity index (χ0) is 12.5. The van der Waals surface area contributed by atoms with Crippen LogP contribution in [0.1, 0.15) is 11.9 Å². The highest BCUT2D eigenvalue weighted by atomic mass is 79.9. The van der Waals surface area contributed by atoms with Crippen LogP contribution >= 0.6 is 27.7 Å². The van der Waals surface area contributed by atoms with E-state index in [1.165, 1.54) is 0 Å². The standard InChI is InChI=1S/C12H10BrN3OS/c13-7-5-15-12(16-11(7)14)9-6-18-10-4-2-1-3-8(10)17-9/h1-5,9H,6H2,(H2,14,15,16). The van der Waals surface area contributed by atoms with E-state index >= 15 is 0 Å². The van der Waals surface area contributed by atoms with Crippen molar-refractivity contribution in [2.24, 2.45) is 0 Å². The zero-order valence-electron chi connectivity index (χ0n) is 9.34. The fourth-order valence-corrected chi connectivity index (χ4v) is 2.87. The Morgan fingerprint density at radius 2 is 2.22 bits per heavy atom. The first-order valence-electron chi connectivity index (χ1n) is 5.40. The van der Waals surface area contributed by atoms with E-state index in [4.69, 9.17) is 10.5 Å². The molecule has 4 nitrogen and oxygen atoms in total. The van der Waals surface area contributed by atoms with Crippen LogP contribution in [-0.2, 0) is 0 Å². The maximum atomic E-state index is 5.90. The van der Waals surface area contributed by atoms with Crippen molar-refractivity contribution in [3.8, 4) is 5.75 Å². The van der Waals surface area contributed by atoms with E-state index < -0.39 is 0 Å². The predicted molar refractivity (Wildman–Crippen MR) is 74.7 cm³/mol. The third kappa shape index (κ3) is 2.18. The molecule has 1 aromatic carbocycles. The van der Waals surface area contributed by atoms with Gasteiger partial charge < -0.3 is 10.5 Å². The van der Waals surface area contributed by atoms with E-state index in [0.29, 0.717) is 16.1 Å². The van der Waals surface area contributed by atoms with Crippen molar-refractivity contribution in [2.75, 3.05) is 11.5 Å². The molecule has 2 heterocycles. The number of hydrogen-bond donors (Lipinski definition) is 1. The summed E-state index contributed by atoms with van der Waals surface area (Å²) < 4.78 is 6.60. The van der Waals surface area contributed by atoms with Crippen LogP contribution in [0.25, 0.3) is 0 Å². The summed E-state index contributed by atoms with van der Waals surface area (Å²) in [7, 11) is 0. The Morgan fingerprint density at radius 3 is 3.06 bits per heavy atom. The van der Waals surface area contributed by atoms with Crippen molar-refractivity contribution >= 4 is 33.5 Å². The normalized spacial score (nSPS) is 17.9. The Hall–Kier alpha value is -1.27. The minimum atomic E-state index is -0.153. The number of benzene rings is 1. The number of aromatic nitrogens is 2. The molecule has 1 aliphatic rings. The summed E-state index contributed by atoms with van der Waals surface area (Å²) in [6, 6.07) is 7.96. The van der Waals surface area contributed by atoms with E-state index in [0.717, 1.165) is 16.4 Å². The molecule has 0 spiro atoms. The van der Waals surface area contributed by atoms with Gasteiger partial charge in [0.25, 0.3) is 0 Å². The number of nitrogen functional groups attached to an aromatic ring is 1. The molecule has 0 fully saturated rings. The molecule has 0 saturated carbocycles. The number of thioether (sulfide) groups is 1. The van der Waals surface area contributed by atoms with Gasteiger partial charge in [0, 0.05) is 16.8 Å². The van der Waals surface area contributed by atoms with Gasteiger partial charge in [0.1, 0.15) is 11.6 Å². The SMILES string of the molecule is Nc1nc(C2CSc3ccccc3O2)ncc1Br.